The van der Waals surface area contributed by atoms with Gasteiger partial charge in [0.15, 0.2) is 0 Å². The van der Waals surface area contributed by atoms with E-state index in [2.05, 4.69) is 32.9 Å². The Morgan fingerprint density at radius 2 is 1.64 bits per heavy atom. The molecule has 14 heavy (non-hydrogen) atoms. The van der Waals surface area contributed by atoms with Crippen LogP contribution in [0.15, 0.2) is 12.1 Å². The molecular formula is C13H20O. The molecule has 1 heteroatoms. The molecule has 1 aromatic carbocycles. The Morgan fingerprint density at radius 1 is 1.14 bits per heavy atom. The largest absolute Gasteiger partial charge is 0.393 e. The molecule has 0 bridgehead atoms. The van der Waals surface area contributed by atoms with Gasteiger partial charge in [0.2, 0.25) is 0 Å². The van der Waals surface area contributed by atoms with Crippen molar-refractivity contribution in [1.29, 1.82) is 0 Å². The molecule has 0 fully saturated rings. The van der Waals surface area contributed by atoms with Crippen molar-refractivity contribution in [2.75, 3.05) is 0 Å². The number of hydrogen-bond acceptors (Lipinski definition) is 1. The molecule has 0 aromatic heterocycles. The third-order valence-electron chi connectivity index (χ3n) is 2.65. The minimum Gasteiger partial charge on any atom is -0.393 e. The summed E-state index contributed by atoms with van der Waals surface area (Å²) < 4.78 is 0. The molecule has 0 unspecified atom stereocenters. The van der Waals surface area contributed by atoms with Crippen LogP contribution in [-0.2, 0) is 6.42 Å². The molecule has 78 valence electrons. The van der Waals surface area contributed by atoms with Crippen LogP contribution >= 0.6 is 0 Å². The summed E-state index contributed by atoms with van der Waals surface area (Å²) in [4.78, 5) is 0. The monoisotopic (exact) mass is 192 g/mol. The number of aliphatic hydroxyl groups excluding tert-OH is 1. The molecule has 0 saturated carbocycles. The SMILES string of the molecule is Cc1cc(C)c(CC[C@@H](C)O)c(C)c1. The Balaban J connectivity index is 2.86. The number of benzene rings is 1. The molecule has 1 rings (SSSR count). The first-order valence-electron chi connectivity index (χ1n) is 5.25. The lowest BCUT2D eigenvalue weighted by molar-refractivity contribution is 0.185. The summed E-state index contributed by atoms with van der Waals surface area (Å²) in [5.74, 6) is 0. The second-order valence-electron chi connectivity index (χ2n) is 4.26. The van der Waals surface area contributed by atoms with Crippen molar-refractivity contribution in [3.8, 4) is 0 Å². The van der Waals surface area contributed by atoms with E-state index >= 15 is 0 Å². The van der Waals surface area contributed by atoms with Crippen LogP contribution in [0.25, 0.3) is 0 Å². The normalized spacial score (nSPS) is 12.9. The smallest absolute Gasteiger partial charge is 0.0515 e. The lowest BCUT2D eigenvalue weighted by atomic mass is 9.95. The van der Waals surface area contributed by atoms with E-state index in [-0.39, 0.29) is 6.10 Å². The third kappa shape index (κ3) is 2.85. The Kier molecular flexibility index (Phi) is 3.70. The predicted octanol–water partition coefficient (Wildman–Crippen LogP) is 2.93. The molecule has 0 saturated heterocycles. The van der Waals surface area contributed by atoms with Crippen LogP contribution in [0.3, 0.4) is 0 Å². The lowest BCUT2D eigenvalue weighted by Crippen LogP contribution is -2.04. The third-order valence-corrected chi connectivity index (χ3v) is 2.65. The van der Waals surface area contributed by atoms with Crippen molar-refractivity contribution in [2.45, 2.75) is 46.6 Å². The van der Waals surface area contributed by atoms with Crippen molar-refractivity contribution in [2.24, 2.45) is 0 Å². The van der Waals surface area contributed by atoms with Crippen molar-refractivity contribution in [3.05, 3.63) is 34.4 Å². The highest BCUT2D eigenvalue weighted by atomic mass is 16.3. The van der Waals surface area contributed by atoms with E-state index in [1.165, 1.54) is 22.3 Å². The first-order chi connectivity index (χ1) is 6.50. The van der Waals surface area contributed by atoms with Gasteiger partial charge in [-0.2, -0.15) is 0 Å². The van der Waals surface area contributed by atoms with Gasteiger partial charge >= 0.3 is 0 Å². The molecule has 0 spiro atoms. The highest BCUT2D eigenvalue weighted by Crippen LogP contribution is 2.18. The van der Waals surface area contributed by atoms with Gasteiger partial charge in [-0.1, -0.05) is 17.7 Å². The molecule has 0 aliphatic rings. The van der Waals surface area contributed by atoms with Gasteiger partial charge in [0.25, 0.3) is 0 Å². The van der Waals surface area contributed by atoms with E-state index in [1.807, 2.05) is 6.92 Å². The fourth-order valence-corrected chi connectivity index (χ4v) is 1.96. The van der Waals surface area contributed by atoms with Crippen LogP contribution in [-0.4, -0.2) is 11.2 Å². The van der Waals surface area contributed by atoms with E-state index in [0.717, 1.165) is 12.8 Å². The van der Waals surface area contributed by atoms with E-state index in [0.29, 0.717) is 0 Å². The van der Waals surface area contributed by atoms with Crippen molar-refractivity contribution in [3.63, 3.8) is 0 Å². The molecular weight excluding hydrogens is 172 g/mol. The maximum Gasteiger partial charge on any atom is 0.0515 e. The molecule has 1 N–H and O–H groups in total. The van der Waals surface area contributed by atoms with Gasteiger partial charge in [-0.25, -0.2) is 0 Å². The standard InChI is InChI=1S/C13H20O/c1-9-7-10(2)13(11(3)8-9)6-5-12(4)14/h7-8,12,14H,5-6H2,1-4H3/t12-/m1/s1. The average molecular weight is 192 g/mol. The number of aryl methyl sites for hydroxylation is 3. The van der Waals surface area contributed by atoms with Gasteiger partial charge in [0.05, 0.1) is 6.10 Å². The second-order valence-corrected chi connectivity index (χ2v) is 4.26. The highest BCUT2D eigenvalue weighted by molar-refractivity contribution is 5.37. The minimum atomic E-state index is -0.199. The van der Waals surface area contributed by atoms with E-state index in [9.17, 15) is 5.11 Å². The molecule has 1 nitrogen and oxygen atoms in total. The van der Waals surface area contributed by atoms with Crippen molar-refractivity contribution in [1.82, 2.24) is 0 Å². The van der Waals surface area contributed by atoms with Crippen molar-refractivity contribution >= 4 is 0 Å². The summed E-state index contributed by atoms with van der Waals surface area (Å²) in [5, 5.41) is 9.25. The van der Waals surface area contributed by atoms with Crippen LogP contribution in [0, 0.1) is 20.8 Å². The molecule has 0 amide bonds. The second kappa shape index (κ2) is 4.61. The van der Waals surface area contributed by atoms with Crippen LogP contribution in [0.4, 0.5) is 0 Å². The number of aliphatic hydroxyl groups is 1. The molecule has 0 heterocycles. The first-order valence-corrected chi connectivity index (χ1v) is 5.25. The van der Waals surface area contributed by atoms with Crippen LogP contribution in [0.2, 0.25) is 0 Å². The molecule has 1 atom stereocenters. The topological polar surface area (TPSA) is 20.2 Å². The maximum absolute atomic E-state index is 9.25. The van der Waals surface area contributed by atoms with Gasteiger partial charge in [0.1, 0.15) is 0 Å². The molecule has 0 aliphatic heterocycles. The molecule has 0 radical (unpaired) electrons. The summed E-state index contributed by atoms with van der Waals surface area (Å²) in [6.07, 6.45) is 1.63. The Bertz CT molecular complexity index is 290. The van der Waals surface area contributed by atoms with Gasteiger partial charge in [-0.15, -0.1) is 0 Å². The Labute approximate surface area is 86.8 Å². The number of rotatable bonds is 3. The quantitative estimate of drug-likeness (QED) is 0.780. The Morgan fingerprint density at radius 3 is 2.07 bits per heavy atom. The fourth-order valence-electron chi connectivity index (χ4n) is 1.96. The van der Waals surface area contributed by atoms with Gasteiger partial charge in [-0.3, -0.25) is 0 Å². The molecule has 0 aliphatic carbocycles. The summed E-state index contributed by atoms with van der Waals surface area (Å²) >= 11 is 0. The van der Waals surface area contributed by atoms with Gasteiger partial charge in [0, 0.05) is 0 Å². The summed E-state index contributed by atoms with van der Waals surface area (Å²) in [6, 6.07) is 4.43. The first kappa shape index (κ1) is 11.3. The van der Waals surface area contributed by atoms with E-state index in [1.54, 1.807) is 0 Å². The summed E-state index contributed by atoms with van der Waals surface area (Å²) in [5.41, 5.74) is 5.42. The lowest BCUT2D eigenvalue weighted by Gasteiger charge is -2.12. The molecule has 1 aromatic rings. The number of hydrogen-bond donors (Lipinski definition) is 1. The maximum atomic E-state index is 9.25. The summed E-state index contributed by atoms with van der Waals surface area (Å²) in [6.45, 7) is 8.27. The van der Waals surface area contributed by atoms with Crippen LogP contribution in [0.1, 0.15) is 35.6 Å². The Hall–Kier alpha value is -0.820. The van der Waals surface area contributed by atoms with Crippen molar-refractivity contribution < 1.29 is 5.11 Å². The van der Waals surface area contributed by atoms with Crippen LogP contribution in [0.5, 0.6) is 0 Å². The zero-order valence-corrected chi connectivity index (χ0v) is 9.59. The van der Waals surface area contributed by atoms with Crippen LogP contribution < -0.4 is 0 Å². The minimum absolute atomic E-state index is 0.199. The van der Waals surface area contributed by atoms with Gasteiger partial charge < -0.3 is 5.11 Å². The van der Waals surface area contributed by atoms with E-state index in [4.69, 9.17) is 0 Å². The van der Waals surface area contributed by atoms with E-state index < -0.39 is 0 Å². The highest BCUT2D eigenvalue weighted by Gasteiger charge is 2.05. The average Bonchev–Trinajstić information content (AvgIpc) is 2.01. The van der Waals surface area contributed by atoms with Gasteiger partial charge in [-0.05, 0) is 57.2 Å². The summed E-state index contributed by atoms with van der Waals surface area (Å²) in [7, 11) is 0. The zero-order valence-electron chi connectivity index (χ0n) is 9.59. The predicted molar refractivity (Wildman–Crippen MR) is 60.7 cm³/mol. The zero-order chi connectivity index (χ0) is 10.7. The fraction of sp³-hybridized carbons (Fsp3) is 0.538.